The highest BCUT2D eigenvalue weighted by Crippen LogP contribution is 2.11. The molecular weight excluding hydrogens is 242 g/mol. The highest BCUT2D eigenvalue weighted by Gasteiger charge is 2.06. The molecule has 4 heteroatoms. The maximum Gasteiger partial charge on any atom is 0.123 e. The van der Waals surface area contributed by atoms with Crippen LogP contribution in [0.1, 0.15) is 39.0 Å². The number of hydrogen-bond acceptors (Lipinski definition) is 4. The lowest BCUT2D eigenvalue weighted by Gasteiger charge is -2.09. The van der Waals surface area contributed by atoms with Crippen molar-refractivity contribution < 1.29 is 13.9 Å². The van der Waals surface area contributed by atoms with Crippen LogP contribution >= 0.6 is 0 Å². The number of rotatable bonds is 10. The highest BCUT2D eigenvalue weighted by molar-refractivity contribution is 5.15. The Morgan fingerprint density at radius 2 is 1.89 bits per heavy atom. The van der Waals surface area contributed by atoms with Crippen LogP contribution in [0, 0.1) is 5.92 Å². The number of hydrogen-bond donors (Lipinski definition) is 1. The largest absolute Gasteiger partial charge is 0.468 e. The molecule has 0 bridgehead atoms. The zero-order valence-electron chi connectivity index (χ0n) is 12.6. The Morgan fingerprint density at radius 1 is 1.16 bits per heavy atom. The summed E-state index contributed by atoms with van der Waals surface area (Å²) < 4.78 is 16.5. The lowest BCUT2D eigenvalue weighted by Crippen LogP contribution is -2.22. The Balaban J connectivity index is 2.17. The van der Waals surface area contributed by atoms with Gasteiger partial charge in [0.25, 0.3) is 0 Å². The van der Waals surface area contributed by atoms with Gasteiger partial charge in [0, 0.05) is 18.2 Å². The molecule has 0 aliphatic heterocycles. The second kappa shape index (κ2) is 9.13. The van der Waals surface area contributed by atoms with Gasteiger partial charge in [0.05, 0.1) is 32.6 Å². The van der Waals surface area contributed by atoms with Crippen molar-refractivity contribution >= 4 is 0 Å². The van der Waals surface area contributed by atoms with Gasteiger partial charge in [-0.15, -0.1) is 0 Å². The van der Waals surface area contributed by atoms with E-state index in [9.17, 15) is 0 Å². The second-order valence-corrected chi connectivity index (χ2v) is 5.43. The summed E-state index contributed by atoms with van der Waals surface area (Å²) in [5.41, 5.74) is 1.11. The van der Waals surface area contributed by atoms with Gasteiger partial charge in [-0.05, 0) is 12.0 Å². The maximum absolute atomic E-state index is 5.59. The standard InChI is InChI=1S/C15H27NO3/c1-12(2)10-17-7-8-18-11-14-5-6-19-15(14)9-16-13(3)4/h5-6,12-13,16H,7-11H2,1-4H3. The number of furan rings is 1. The molecule has 1 aromatic heterocycles. The molecular formula is C15H27NO3. The molecule has 110 valence electrons. The minimum absolute atomic E-state index is 0.448. The monoisotopic (exact) mass is 269 g/mol. The summed E-state index contributed by atoms with van der Waals surface area (Å²) in [6.45, 7) is 11.9. The molecule has 0 aliphatic rings. The molecule has 1 rings (SSSR count). The molecule has 0 aliphatic carbocycles. The molecule has 4 nitrogen and oxygen atoms in total. The van der Waals surface area contributed by atoms with Crippen molar-refractivity contribution in [2.24, 2.45) is 5.92 Å². The number of ether oxygens (including phenoxy) is 2. The maximum atomic E-state index is 5.59. The van der Waals surface area contributed by atoms with E-state index in [-0.39, 0.29) is 0 Å². The second-order valence-electron chi connectivity index (χ2n) is 5.43. The van der Waals surface area contributed by atoms with Gasteiger partial charge in [0.1, 0.15) is 5.76 Å². The predicted octanol–water partition coefficient (Wildman–Crippen LogP) is 2.97. The Morgan fingerprint density at radius 3 is 2.58 bits per heavy atom. The zero-order valence-corrected chi connectivity index (χ0v) is 12.6. The fraction of sp³-hybridized carbons (Fsp3) is 0.733. The number of nitrogens with one attached hydrogen (secondary N) is 1. The summed E-state index contributed by atoms with van der Waals surface area (Å²) in [5, 5.41) is 3.34. The first-order valence-corrected chi connectivity index (χ1v) is 7.03. The summed E-state index contributed by atoms with van der Waals surface area (Å²) in [7, 11) is 0. The van der Waals surface area contributed by atoms with E-state index in [4.69, 9.17) is 13.9 Å². The first kappa shape index (κ1) is 16.2. The molecule has 0 radical (unpaired) electrons. The van der Waals surface area contributed by atoms with Gasteiger partial charge in [0.15, 0.2) is 0 Å². The average molecular weight is 269 g/mol. The van der Waals surface area contributed by atoms with Crippen LogP contribution in [0.2, 0.25) is 0 Å². The fourth-order valence-electron chi connectivity index (χ4n) is 1.57. The Kier molecular flexibility index (Phi) is 7.79. The molecule has 1 aromatic rings. The van der Waals surface area contributed by atoms with Crippen molar-refractivity contribution in [2.45, 2.75) is 46.9 Å². The van der Waals surface area contributed by atoms with Gasteiger partial charge in [0.2, 0.25) is 0 Å². The molecule has 1 heterocycles. The van der Waals surface area contributed by atoms with Crippen LogP contribution in [0.3, 0.4) is 0 Å². The third kappa shape index (κ3) is 7.35. The quantitative estimate of drug-likeness (QED) is 0.663. The van der Waals surface area contributed by atoms with Crippen LogP contribution < -0.4 is 5.32 Å². The van der Waals surface area contributed by atoms with Gasteiger partial charge in [-0.3, -0.25) is 0 Å². The van der Waals surface area contributed by atoms with Crippen LogP contribution in [0.4, 0.5) is 0 Å². The van der Waals surface area contributed by atoms with E-state index in [0.717, 1.165) is 24.5 Å². The van der Waals surface area contributed by atoms with Gasteiger partial charge >= 0.3 is 0 Å². The van der Waals surface area contributed by atoms with Gasteiger partial charge < -0.3 is 19.2 Å². The minimum atomic E-state index is 0.448. The molecule has 0 saturated carbocycles. The Bertz CT molecular complexity index is 334. The van der Waals surface area contributed by atoms with E-state index < -0.39 is 0 Å². The molecule has 0 amide bonds. The van der Waals surface area contributed by atoms with Crippen LogP contribution in [-0.4, -0.2) is 25.9 Å². The zero-order chi connectivity index (χ0) is 14.1. The molecule has 19 heavy (non-hydrogen) atoms. The first-order valence-electron chi connectivity index (χ1n) is 7.03. The normalized spacial score (nSPS) is 11.7. The van der Waals surface area contributed by atoms with Crippen LogP contribution in [-0.2, 0) is 22.6 Å². The van der Waals surface area contributed by atoms with E-state index in [1.165, 1.54) is 0 Å². The topological polar surface area (TPSA) is 43.6 Å². The van der Waals surface area contributed by atoms with Crippen molar-refractivity contribution in [1.82, 2.24) is 5.32 Å². The summed E-state index contributed by atoms with van der Waals surface area (Å²) in [4.78, 5) is 0. The van der Waals surface area contributed by atoms with Crippen LogP contribution in [0.5, 0.6) is 0 Å². The fourth-order valence-corrected chi connectivity index (χ4v) is 1.57. The third-order valence-corrected chi connectivity index (χ3v) is 2.59. The van der Waals surface area contributed by atoms with Gasteiger partial charge in [-0.25, -0.2) is 0 Å². The first-order chi connectivity index (χ1) is 9.09. The summed E-state index contributed by atoms with van der Waals surface area (Å²) in [5.74, 6) is 1.53. The van der Waals surface area contributed by atoms with E-state index >= 15 is 0 Å². The molecule has 0 atom stereocenters. The molecule has 1 N–H and O–H groups in total. The van der Waals surface area contributed by atoms with E-state index in [1.807, 2.05) is 6.07 Å². The van der Waals surface area contributed by atoms with Crippen molar-refractivity contribution in [2.75, 3.05) is 19.8 Å². The lowest BCUT2D eigenvalue weighted by atomic mass is 10.2. The molecule has 0 saturated heterocycles. The van der Waals surface area contributed by atoms with Gasteiger partial charge in [-0.1, -0.05) is 27.7 Å². The SMILES string of the molecule is CC(C)COCCOCc1ccoc1CNC(C)C. The Labute approximate surface area is 116 Å². The van der Waals surface area contributed by atoms with E-state index in [1.54, 1.807) is 6.26 Å². The van der Waals surface area contributed by atoms with Crippen molar-refractivity contribution in [3.05, 3.63) is 23.7 Å². The Hall–Kier alpha value is -0.840. The molecule has 0 unspecified atom stereocenters. The summed E-state index contributed by atoms with van der Waals surface area (Å²) in [6.07, 6.45) is 1.71. The van der Waals surface area contributed by atoms with Crippen LogP contribution in [0.15, 0.2) is 16.7 Å². The average Bonchev–Trinajstić information content (AvgIpc) is 2.78. The van der Waals surface area contributed by atoms with Gasteiger partial charge in [-0.2, -0.15) is 0 Å². The predicted molar refractivity (Wildman–Crippen MR) is 76.0 cm³/mol. The van der Waals surface area contributed by atoms with Crippen LogP contribution in [0.25, 0.3) is 0 Å². The minimum Gasteiger partial charge on any atom is -0.468 e. The molecule has 0 spiro atoms. The highest BCUT2D eigenvalue weighted by atomic mass is 16.5. The summed E-state index contributed by atoms with van der Waals surface area (Å²) >= 11 is 0. The van der Waals surface area contributed by atoms with Crippen molar-refractivity contribution in [3.8, 4) is 0 Å². The molecule has 0 fully saturated rings. The smallest absolute Gasteiger partial charge is 0.123 e. The third-order valence-electron chi connectivity index (χ3n) is 2.59. The van der Waals surface area contributed by atoms with Crippen molar-refractivity contribution in [1.29, 1.82) is 0 Å². The van der Waals surface area contributed by atoms with E-state index in [0.29, 0.717) is 31.8 Å². The lowest BCUT2D eigenvalue weighted by molar-refractivity contribution is 0.0310. The molecule has 0 aromatic carbocycles. The van der Waals surface area contributed by atoms with Crippen molar-refractivity contribution in [3.63, 3.8) is 0 Å². The summed E-state index contributed by atoms with van der Waals surface area (Å²) in [6, 6.07) is 2.41. The van der Waals surface area contributed by atoms with E-state index in [2.05, 4.69) is 33.0 Å².